The van der Waals surface area contributed by atoms with Crippen LogP contribution in [0.5, 0.6) is 0 Å². The molecule has 1 aliphatic heterocycles. The second kappa shape index (κ2) is 5.90. The third-order valence-electron chi connectivity index (χ3n) is 3.44. The van der Waals surface area contributed by atoms with Crippen molar-refractivity contribution >= 4 is 11.9 Å². The van der Waals surface area contributed by atoms with Crippen LogP contribution in [0.25, 0.3) is 11.5 Å². The van der Waals surface area contributed by atoms with Crippen molar-refractivity contribution in [2.45, 2.75) is 26.2 Å². The van der Waals surface area contributed by atoms with E-state index in [1.807, 2.05) is 25.3 Å². The van der Waals surface area contributed by atoms with Gasteiger partial charge >= 0.3 is 0 Å². The summed E-state index contributed by atoms with van der Waals surface area (Å²) in [6, 6.07) is 3.93. The molecule has 2 aromatic rings. The first kappa shape index (κ1) is 12.9. The number of aromatic amines is 1. The molecule has 0 unspecified atom stereocenters. The maximum Gasteiger partial charge on any atom is 0.230 e. The topological polar surface area (TPSA) is 69.7 Å². The summed E-state index contributed by atoms with van der Waals surface area (Å²) in [6.07, 6.45) is 5.60. The molecule has 2 aromatic heterocycles. The predicted molar refractivity (Wildman–Crippen MR) is 79.8 cm³/mol. The minimum Gasteiger partial charge on any atom is -0.359 e. The van der Waals surface area contributed by atoms with Crippen molar-refractivity contribution < 1.29 is 0 Å². The Morgan fingerprint density at radius 3 is 2.75 bits per heavy atom. The molecule has 3 heterocycles. The summed E-state index contributed by atoms with van der Waals surface area (Å²) in [5, 5.41) is 3.19. The zero-order valence-corrected chi connectivity index (χ0v) is 11.8. The van der Waals surface area contributed by atoms with E-state index < -0.39 is 0 Å². The Bertz CT molecular complexity index is 545. The van der Waals surface area contributed by atoms with Crippen LogP contribution < -0.4 is 10.2 Å². The molecule has 2 N–H and O–H groups in total. The summed E-state index contributed by atoms with van der Waals surface area (Å²) in [4.78, 5) is 19.0. The van der Waals surface area contributed by atoms with Gasteiger partial charge in [0.05, 0.1) is 5.69 Å². The van der Waals surface area contributed by atoms with E-state index in [9.17, 15) is 0 Å². The molecule has 20 heavy (non-hydrogen) atoms. The Morgan fingerprint density at radius 1 is 1.20 bits per heavy atom. The molecular formula is C14H20N6. The third-order valence-corrected chi connectivity index (χ3v) is 3.44. The average Bonchev–Trinajstić information content (AvgIpc) is 3.02. The lowest BCUT2D eigenvalue weighted by molar-refractivity contribution is 0.568. The molecule has 6 nitrogen and oxygen atoms in total. The van der Waals surface area contributed by atoms with E-state index in [4.69, 9.17) is 0 Å². The molecule has 6 heteroatoms. The van der Waals surface area contributed by atoms with Crippen molar-refractivity contribution in [1.29, 1.82) is 0 Å². The van der Waals surface area contributed by atoms with Crippen molar-refractivity contribution in [1.82, 2.24) is 19.9 Å². The third kappa shape index (κ3) is 2.74. The summed E-state index contributed by atoms with van der Waals surface area (Å²) in [7, 11) is 0. The van der Waals surface area contributed by atoms with Crippen LogP contribution in [0.1, 0.15) is 26.2 Å². The number of hydrogen-bond acceptors (Lipinski definition) is 5. The number of anilines is 2. The minimum absolute atomic E-state index is 0.646. The van der Waals surface area contributed by atoms with Crippen molar-refractivity contribution in [2.24, 2.45) is 0 Å². The molecule has 0 bridgehead atoms. The van der Waals surface area contributed by atoms with Gasteiger partial charge in [0.1, 0.15) is 0 Å². The van der Waals surface area contributed by atoms with Gasteiger partial charge < -0.3 is 15.2 Å². The number of hydrogen-bond donors (Lipinski definition) is 2. The molecule has 0 radical (unpaired) electrons. The summed E-state index contributed by atoms with van der Waals surface area (Å²) >= 11 is 0. The first-order valence-corrected chi connectivity index (χ1v) is 7.25. The fourth-order valence-electron chi connectivity index (χ4n) is 2.43. The van der Waals surface area contributed by atoms with Gasteiger partial charge in [0, 0.05) is 25.8 Å². The zero-order chi connectivity index (χ0) is 13.8. The fourth-order valence-corrected chi connectivity index (χ4v) is 2.43. The Morgan fingerprint density at radius 2 is 2.05 bits per heavy atom. The van der Waals surface area contributed by atoms with Crippen LogP contribution in [0.4, 0.5) is 11.9 Å². The molecule has 0 atom stereocenters. The number of H-pyrrole nitrogens is 1. The van der Waals surface area contributed by atoms with Crippen LogP contribution in [0.15, 0.2) is 18.3 Å². The number of nitrogens with zero attached hydrogens (tertiary/aromatic N) is 4. The van der Waals surface area contributed by atoms with Crippen LogP contribution in [0.3, 0.4) is 0 Å². The van der Waals surface area contributed by atoms with Gasteiger partial charge in [-0.1, -0.05) is 0 Å². The van der Waals surface area contributed by atoms with E-state index in [0.717, 1.165) is 31.3 Å². The number of piperidine rings is 1. The van der Waals surface area contributed by atoms with E-state index in [1.165, 1.54) is 19.3 Å². The number of aromatic nitrogens is 4. The van der Waals surface area contributed by atoms with Crippen molar-refractivity contribution in [3.63, 3.8) is 0 Å². The van der Waals surface area contributed by atoms with E-state index in [2.05, 4.69) is 30.2 Å². The Balaban J connectivity index is 1.95. The standard InChI is InChI=1S/C14H20N6/c1-2-15-13-17-12(11-7-6-8-16-11)18-14(19-13)20-9-4-3-5-10-20/h6-8,16H,2-5,9-10H2,1H3,(H,15,17,18,19). The lowest BCUT2D eigenvalue weighted by Gasteiger charge is -2.26. The predicted octanol–water partition coefficient (Wildman–Crippen LogP) is 2.29. The highest BCUT2D eigenvalue weighted by Crippen LogP contribution is 2.20. The van der Waals surface area contributed by atoms with Crippen LogP contribution in [-0.2, 0) is 0 Å². The van der Waals surface area contributed by atoms with Crippen LogP contribution in [0.2, 0.25) is 0 Å². The average molecular weight is 272 g/mol. The van der Waals surface area contributed by atoms with E-state index in [1.54, 1.807) is 0 Å². The highest BCUT2D eigenvalue weighted by molar-refractivity contribution is 5.54. The van der Waals surface area contributed by atoms with Gasteiger partial charge in [0.15, 0.2) is 5.82 Å². The van der Waals surface area contributed by atoms with E-state index in [0.29, 0.717) is 11.8 Å². The molecule has 1 saturated heterocycles. The highest BCUT2D eigenvalue weighted by atomic mass is 15.3. The molecule has 0 aromatic carbocycles. The summed E-state index contributed by atoms with van der Waals surface area (Å²) in [5.74, 6) is 2.12. The SMILES string of the molecule is CCNc1nc(-c2ccc[nH]2)nc(N2CCCCC2)n1. The molecule has 0 aliphatic carbocycles. The molecule has 0 saturated carbocycles. The van der Waals surface area contributed by atoms with Gasteiger partial charge in [0.2, 0.25) is 11.9 Å². The largest absolute Gasteiger partial charge is 0.359 e. The number of rotatable bonds is 4. The molecular weight excluding hydrogens is 252 g/mol. The zero-order valence-electron chi connectivity index (χ0n) is 11.8. The maximum atomic E-state index is 4.61. The second-order valence-electron chi connectivity index (χ2n) is 4.94. The van der Waals surface area contributed by atoms with Crippen LogP contribution in [0, 0.1) is 0 Å². The fraction of sp³-hybridized carbons (Fsp3) is 0.500. The lowest BCUT2D eigenvalue weighted by Crippen LogP contribution is -2.31. The van der Waals surface area contributed by atoms with Gasteiger partial charge in [-0.3, -0.25) is 0 Å². The lowest BCUT2D eigenvalue weighted by atomic mass is 10.1. The Kier molecular flexibility index (Phi) is 3.80. The van der Waals surface area contributed by atoms with Crippen LogP contribution in [-0.4, -0.2) is 39.6 Å². The Labute approximate surface area is 118 Å². The van der Waals surface area contributed by atoms with Crippen molar-refractivity contribution in [2.75, 3.05) is 29.9 Å². The van der Waals surface area contributed by atoms with Crippen molar-refractivity contribution in [3.8, 4) is 11.5 Å². The Hall–Kier alpha value is -2.11. The van der Waals surface area contributed by atoms with E-state index >= 15 is 0 Å². The molecule has 0 spiro atoms. The highest BCUT2D eigenvalue weighted by Gasteiger charge is 2.16. The minimum atomic E-state index is 0.646. The quantitative estimate of drug-likeness (QED) is 0.893. The summed E-state index contributed by atoms with van der Waals surface area (Å²) in [5.41, 5.74) is 0.921. The smallest absolute Gasteiger partial charge is 0.230 e. The first-order chi connectivity index (χ1) is 9.86. The second-order valence-corrected chi connectivity index (χ2v) is 4.94. The number of nitrogens with one attached hydrogen (secondary N) is 2. The molecule has 1 fully saturated rings. The molecule has 0 amide bonds. The molecule has 106 valence electrons. The molecule has 1 aliphatic rings. The normalized spacial score (nSPS) is 15.3. The van der Waals surface area contributed by atoms with Gasteiger partial charge in [-0.2, -0.15) is 15.0 Å². The van der Waals surface area contributed by atoms with Gasteiger partial charge in [-0.25, -0.2) is 0 Å². The van der Waals surface area contributed by atoms with Crippen LogP contribution >= 0.6 is 0 Å². The van der Waals surface area contributed by atoms with E-state index in [-0.39, 0.29) is 0 Å². The monoisotopic (exact) mass is 272 g/mol. The van der Waals surface area contributed by atoms with Gasteiger partial charge in [-0.05, 0) is 38.3 Å². The van der Waals surface area contributed by atoms with Crippen molar-refractivity contribution in [3.05, 3.63) is 18.3 Å². The summed E-state index contributed by atoms with van der Waals surface area (Å²) in [6.45, 7) is 4.89. The maximum absolute atomic E-state index is 4.61. The summed E-state index contributed by atoms with van der Waals surface area (Å²) < 4.78 is 0. The van der Waals surface area contributed by atoms with Gasteiger partial charge in [0.25, 0.3) is 0 Å². The van der Waals surface area contributed by atoms with Gasteiger partial charge in [-0.15, -0.1) is 0 Å². The molecule has 3 rings (SSSR count). The first-order valence-electron chi connectivity index (χ1n) is 7.25.